The van der Waals surface area contributed by atoms with E-state index in [4.69, 9.17) is 23.2 Å². The number of aromatic nitrogens is 4. The van der Waals surface area contributed by atoms with E-state index in [0.717, 1.165) is 15.4 Å². The Morgan fingerprint density at radius 2 is 1.62 bits per heavy atom. The van der Waals surface area contributed by atoms with E-state index in [1.165, 1.54) is 33.2 Å². The summed E-state index contributed by atoms with van der Waals surface area (Å²) >= 11 is 12.2. The first-order valence-electron chi connectivity index (χ1n) is 7.49. The smallest absolute Gasteiger partial charge is 0.177 e. The number of nitrogens with zero attached hydrogens (tertiary/aromatic N) is 3. The minimum Gasteiger partial charge on any atom is -0.177 e. The number of nitrogens with one attached hydrogen (secondary N) is 1. The Bertz CT molecular complexity index is 1090. The lowest BCUT2D eigenvalue weighted by molar-refractivity contribution is 0.881. The van der Waals surface area contributed by atoms with Crippen molar-refractivity contribution < 1.29 is 0 Å². The van der Waals surface area contributed by atoms with E-state index in [2.05, 4.69) is 38.8 Å². The Morgan fingerprint density at radius 1 is 0.833 bits per heavy atom. The van der Waals surface area contributed by atoms with Crippen molar-refractivity contribution in [2.45, 2.75) is 6.42 Å². The molecule has 1 N–H and O–H groups in total. The van der Waals surface area contributed by atoms with Crippen molar-refractivity contribution in [2.24, 2.45) is 0 Å². The third-order valence-electron chi connectivity index (χ3n) is 4.42. The van der Waals surface area contributed by atoms with E-state index in [-0.39, 0.29) is 0 Å². The quantitative estimate of drug-likeness (QED) is 0.502. The largest absolute Gasteiger partial charge is 0.178 e. The number of tetrazole rings is 1. The van der Waals surface area contributed by atoms with Crippen molar-refractivity contribution in [3.63, 3.8) is 0 Å². The molecule has 116 valence electrons. The zero-order valence-electron chi connectivity index (χ0n) is 12.3. The molecule has 2 aromatic carbocycles. The van der Waals surface area contributed by atoms with Gasteiger partial charge in [-0.25, -0.2) is 0 Å². The molecule has 3 aromatic rings. The van der Waals surface area contributed by atoms with Crippen molar-refractivity contribution in [1.29, 1.82) is 0 Å². The van der Waals surface area contributed by atoms with Gasteiger partial charge in [-0.05, 0) is 62.9 Å². The van der Waals surface area contributed by atoms with Crippen LogP contribution in [0.1, 0.15) is 11.4 Å². The van der Waals surface area contributed by atoms with E-state index in [1.807, 2.05) is 24.3 Å². The zero-order chi connectivity index (χ0) is 16.3. The molecule has 0 bridgehead atoms. The molecule has 0 saturated carbocycles. The molecule has 1 heterocycles. The summed E-state index contributed by atoms with van der Waals surface area (Å²) in [7, 11) is 0. The predicted octanol–water partition coefficient (Wildman–Crippen LogP) is 4.90. The van der Waals surface area contributed by atoms with Gasteiger partial charge in [0.1, 0.15) is 0 Å². The molecule has 0 atom stereocenters. The van der Waals surface area contributed by atoms with Gasteiger partial charge in [-0.2, -0.15) is 5.21 Å². The monoisotopic (exact) mass is 352 g/mol. The number of rotatable bonds is 3. The number of H-pyrrole nitrogens is 1. The van der Waals surface area contributed by atoms with Gasteiger partial charge in [0.15, 0.2) is 5.82 Å². The third kappa shape index (κ3) is 2.04. The van der Waals surface area contributed by atoms with Gasteiger partial charge in [0.05, 0.1) is 0 Å². The lowest BCUT2D eigenvalue weighted by Crippen LogP contribution is -1.90. The Balaban J connectivity index is 1.72. The van der Waals surface area contributed by atoms with E-state index < -0.39 is 0 Å². The summed E-state index contributed by atoms with van der Waals surface area (Å²) in [6.45, 7) is 0. The van der Waals surface area contributed by atoms with Crippen LogP contribution in [0, 0.1) is 0 Å². The first-order valence-corrected chi connectivity index (χ1v) is 8.24. The molecule has 5 rings (SSSR count). The summed E-state index contributed by atoms with van der Waals surface area (Å²) in [5.74, 6) is 0.673. The Labute approximate surface area is 147 Å². The van der Waals surface area contributed by atoms with Crippen LogP contribution in [0.5, 0.6) is 0 Å². The van der Waals surface area contributed by atoms with Crippen molar-refractivity contribution in [3.05, 3.63) is 63.9 Å². The fourth-order valence-corrected chi connectivity index (χ4v) is 3.68. The SMILES string of the molecule is Clc1ccc(-c2c3c(Cc4nn[nH]n4)c4cc(Cl)ccc4c2-3)cc1. The molecular weight excluding hydrogens is 343 g/mol. The summed E-state index contributed by atoms with van der Waals surface area (Å²) < 4.78 is 0. The maximum Gasteiger partial charge on any atom is 0.178 e. The number of hydrogen-bond acceptors (Lipinski definition) is 3. The van der Waals surface area contributed by atoms with Crippen molar-refractivity contribution in [1.82, 2.24) is 20.6 Å². The number of hydrogen-bond donors (Lipinski definition) is 1. The van der Waals surface area contributed by atoms with Gasteiger partial charge < -0.3 is 0 Å². The van der Waals surface area contributed by atoms with Crippen LogP contribution in [0.15, 0.2) is 42.5 Å². The molecule has 24 heavy (non-hydrogen) atoms. The second kappa shape index (κ2) is 5.03. The molecule has 0 unspecified atom stereocenters. The number of fused-ring (bicyclic) bond motifs is 3. The molecule has 0 amide bonds. The van der Waals surface area contributed by atoms with Crippen molar-refractivity contribution >= 4 is 34.0 Å². The minimum absolute atomic E-state index is 0.625. The maximum absolute atomic E-state index is 6.20. The van der Waals surface area contributed by atoms with Crippen LogP contribution in [-0.2, 0) is 6.42 Å². The Kier molecular flexibility index (Phi) is 2.93. The van der Waals surface area contributed by atoms with Gasteiger partial charge in [0, 0.05) is 16.5 Å². The Morgan fingerprint density at radius 3 is 2.38 bits per heavy atom. The lowest BCUT2D eigenvalue weighted by Gasteiger charge is -2.01. The Hall–Kier alpha value is -2.43. The molecular formula is C18H10Cl2N4. The molecule has 6 heteroatoms. The predicted molar refractivity (Wildman–Crippen MR) is 95.4 cm³/mol. The number of halogens is 2. The second-order valence-electron chi connectivity index (χ2n) is 5.81. The summed E-state index contributed by atoms with van der Waals surface area (Å²) in [6, 6.07) is 14.0. The van der Waals surface area contributed by atoms with Crippen LogP contribution >= 0.6 is 23.2 Å². The average Bonchev–Trinajstić information content (AvgIpc) is 2.94. The highest BCUT2D eigenvalue weighted by Gasteiger charge is 2.34. The van der Waals surface area contributed by atoms with E-state index in [0.29, 0.717) is 12.2 Å². The summed E-state index contributed by atoms with van der Waals surface area (Å²) in [6.07, 6.45) is 0.625. The lowest BCUT2D eigenvalue weighted by atomic mass is 10.1. The average molecular weight is 353 g/mol. The molecule has 4 nitrogen and oxygen atoms in total. The van der Waals surface area contributed by atoms with Crippen LogP contribution < -0.4 is 0 Å². The molecule has 0 spiro atoms. The van der Waals surface area contributed by atoms with Gasteiger partial charge in [-0.3, -0.25) is 0 Å². The standard InChI is InChI=1S/C18H10Cl2N4/c19-10-3-1-9(2-4-10)16-17-12-6-5-11(20)7-13(12)14(18(16)17)8-15-21-23-24-22-15/h1-7H,8H2,(H,21,22,23,24). The molecule has 2 aliphatic carbocycles. The first kappa shape index (κ1) is 14.0. The van der Waals surface area contributed by atoms with Gasteiger partial charge in [0.2, 0.25) is 0 Å². The molecule has 1 aromatic heterocycles. The molecule has 2 aliphatic rings. The topological polar surface area (TPSA) is 54.5 Å². The molecule has 0 radical (unpaired) electrons. The van der Waals surface area contributed by atoms with Gasteiger partial charge in [-0.15, -0.1) is 10.2 Å². The van der Waals surface area contributed by atoms with Crippen LogP contribution in [0.4, 0.5) is 0 Å². The van der Waals surface area contributed by atoms with Gasteiger partial charge in [-0.1, -0.05) is 46.6 Å². The highest BCUT2D eigenvalue weighted by atomic mass is 35.5. The molecule has 0 fully saturated rings. The van der Waals surface area contributed by atoms with Crippen LogP contribution in [-0.4, -0.2) is 20.6 Å². The molecule has 0 saturated heterocycles. The third-order valence-corrected chi connectivity index (χ3v) is 4.91. The normalized spacial score (nSPS) is 11.9. The van der Waals surface area contributed by atoms with E-state index in [1.54, 1.807) is 0 Å². The number of aromatic amines is 1. The second-order valence-corrected chi connectivity index (χ2v) is 6.68. The van der Waals surface area contributed by atoms with Crippen LogP contribution in [0.25, 0.3) is 33.0 Å². The first-order chi connectivity index (χ1) is 11.7. The number of benzene rings is 3. The fourth-order valence-electron chi connectivity index (χ4n) is 3.38. The maximum atomic E-state index is 6.20. The van der Waals surface area contributed by atoms with Crippen LogP contribution in [0.3, 0.4) is 0 Å². The van der Waals surface area contributed by atoms with Crippen molar-refractivity contribution in [3.8, 4) is 22.3 Å². The molecule has 0 aliphatic heterocycles. The minimum atomic E-state index is 0.625. The van der Waals surface area contributed by atoms with E-state index >= 15 is 0 Å². The highest BCUT2D eigenvalue weighted by molar-refractivity contribution is 6.33. The van der Waals surface area contributed by atoms with Crippen molar-refractivity contribution in [2.75, 3.05) is 0 Å². The highest BCUT2D eigenvalue weighted by Crippen LogP contribution is 2.59. The van der Waals surface area contributed by atoms with Crippen LogP contribution in [0.2, 0.25) is 10.0 Å². The summed E-state index contributed by atoms with van der Waals surface area (Å²) in [5, 5.41) is 18.2. The zero-order valence-corrected chi connectivity index (χ0v) is 13.9. The summed E-state index contributed by atoms with van der Waals surface area (Å²) in [4.78, 5) is 0. The van der Waals surface area contributed by atoms with E-state index in [9.17, 15) is 0 Å². The fraction of sp³-hybridized carbons (Fsp3) is 0.0556. The van der Waals surface area contributed by atoms with Gasteiger partial charge >= 0.3 is 0 Å². The van der Waals surface area contributed by atoms with Gasteiger partial charge in [0.25, 0.3) is 0 Å². The summed E-state index contributed by atoms with van der Waals surface area (Å²) in [5.41, 5.74) is 6.23.